The molecule has 1 aromatic heterocycles. The Morgan fingerprint density at radius 1 is 1.06 bits per heavy atom. The first-order chi connectivity index (χ1) is 15.6. The van der Waals surface area contributed by atoms with Crippen molar-refractivity contribution in [3.63, 3.8) is 0 Å². The van der Waals surface area contributed by atoms with E-state index < -0.39 is 17.6 Å². The fraction of sp³-hybridized carbons (Fsp3) is 0.304. The molecule has 0 spiro atoms. The first kappa shape index (κ1) is 24.4. The minimum absolute atomic E-state index is 0.0301. The zero-order chi connectivity index (χ0) is 24.0. The Hall–Kier alpha value is -3.27. The Balaban J connectivity index is 1.64. The molecule has 0 atom stereocenters. The average molecular weight is 477 g/mol. The van der Waals surface area contributed by atoms with Crippen molar-refractivity contribution in [2.45, 2.75) is 26.4 Å². The molecular formula is C23H23F3N4O2S. The van der Waals surface area contributed by atoms with Gasteiger partial charge in [-0.15, -0.1) is 10.2 Å². The van der Waals surface area contributed by atoms with Crippen LogP contribution in [0.5, 0.6) is 0 Å². The molecule has 0 unspecified atom stereocenters. The molecule has 3 aromatic rings. The molecule has 6 nitrogen and oxygen atoms in total. The topological polar surface area (TPSA) is 75.2 Å². The molecule has 2 amide bonds. The highest BCUT2D eigenvalue weighted by Crippen LogP contribution is 2.30. The minimum atomic E-state index is -4.54. The standard InChI is InChI=1S/C23H23F3N4O2S/c1-15(2)14-30(21(32)17-9-6-10-18(13-17)23(24,25)26)12-11-19(31)27-22-29-28-20(33-22)16-7-4-3-5-8-16/h3-10,13,15H,11-12,14H2,1-2H3,(H,27,29,31). The molecule has 0 saturated carbocycles. The van der Waals surface area contributed by atoms with Gasteiger partial charge in [0.25, 0.3) is 5.91 Å². The van der Waals surface area contributed by atoms with Gasteiger partial charge in [-0.05, 0) is 24.1 Å². The van der Waals surface area contributed by atoms with Crippen molar-refractivity contribution in [1.82, 2.24) is 15.1 Å². The number of carbonyl (C=O) groups excluding carboxylic acids is 2. The average Bonchev–Trinajstić information content (AvgIpc) is 3.24. The molecule has 2 aromatic carbocycles. The summed E-state index contributed by atoms with van der Waals surface area (Å²) in [4.78, 5) is 26.7. The van der Waals surface area contributed by atoms with Crippen molar-refractivity contribution in [3.05, 3.63) is 65.7 Å². The van der Waals surface area contributed by atoms with Gasteiger partial charge < -0.3 is 10.2 Å². The SMILES string of the molecule is CC(C)CN(CCC(=O)Nc1nnc(-c2ccccc2)s1)C(=O)c1cccc(C(F)(F)F)c1. The van der Waals surface area contributed by atoms with E-state index in [1.807, 2.05) is 44.2 Å². The number of nitrogens with one attached hydrogen (secondary N) is 1. The summed E-state index contributed by atoms with van der Waals surface area (Å²) in [6, 6.07) is 13.7. The van der Waals surface area contributed by atoms with Crippen LogP contribution in [0.15, 0.2) is 54.6 Å². The van der Waals surface area contributed by atoms with Crippen LogP contribution >= 0.6 is 11.3 Å². The lowest BCUT2D eigenvalue weighted by Crippen LogP contribution is -2.36. The fourth-order valence-corrected chi connectivity index (χ4v) is 3.88. The molecule has 1 heterocycles. The monoisotopic (exact) mass is 476 g/mol. The van der Waals surface area contributed by atoms with Gasteiger partial charge in [0.2, 0.25) is 11.0 Å². The summed E-state index contributed by atoms with van der Waals surface area (Å²) in [6.07, 6.45) is -4.57. The maximum Gasteiger partial charge on any atom is 0.416 e. The van der Waals surface area contributed by atoms with Gasteiger partial charge in [-0.25, -0.2) is 0 Å². The van der Waals surface area contributed by atoms with Crippen LogP contribution in [0.2, 0.25) is 0 Å². The molecule has 0 bridgehead atoms. The number of nitrogens with zero attached hydrogens (tertiary/aromatic N) is 3. The van der Waals surface area contributed by atoms with Gasteiger partial charge in [0.1, 0.15) is 5.01 Å². The second-order valence-electron chi connectivity index (χ2n) is 7.80. The third-order valence-corrected chi connectivity index (χ3v) is 5.50. The highest BCUT2D eigenvalue weighted by atomic mass is 32.1. The van der Waals surface area contributed by atoms with Gasteiger partial charge in [0, 0.05) is 30.6 Å². The van der Waals surface area contributed by atoms with E-state index in [0.717, 1.165) is 17.7 Å². The van der Waals surface area contributed by atoms with Crippen molar-refractivity contribution in [3.8, 4) is 10.6 Å². The van der Waals surface area contributed by atoms with E-state index in [9.17, 15) is 22.8 Å². The lowest BCUT2D eigenvalue weighted by atomic mass is 10.1. The van der Waals surface area contributed by atoms with Crippen LogP contribution in [0, 0.1) is 5.92 Å². The quantitative estimate of drug-likeness (QED) is 0.476. The number of carbonyl (C=O) groups is 2. The molecule has 174 valence electrons. The number of halogens is 3. The number of hydrogen-bond acceptors (Lipinski definition) is 5. The van der Waals surface area contributed by atoms with Crippen molar-refractivity contribution in [2.24, 2.45) is 5.92 Å². The largest absolute Gasteiger partial charge is 0.416 e. The maximum atomic E-state index is 13.0. The van der Waals surface area contributed by atoms with E-state index in [1.54, 1.807) is 0 Å². The Morgan fingerprint density at radius 2 is 1.79 bits per heavy atom. The Kier molecular flexibility index (Phi) is 7.80. The molecule has 0 aliphatic carbocycles. The summed E-state index contributed by atoms with van der Waals surface area (Å²) in [5.74, 6) is -0.847. The smallest absolute Gasteiger partial charge is 0.338 e. The Labute approximate surface area is 193 Å². The van der Waals surface area contributed by atoms with Crippen LogP contribution < -0.4 is 5.32 Å². The van der Waals surface area contributed by atoms with E-state index >= 15 is 0 Å². The van der Waals surface area contributed by atoms with Crippen molar-refractivity contribution in [2.75, 3.05) is 18.4 Å². The Bertz CT molecular complexity index is 1100. The summed E-state index contributed by atoms with van der Waals surface area (Å²) >= 11 is 1.23. The van der Waals surface area contributed by atoms with Gasteiger partial charge >= 0.3 is 6.18 Å². The first-order valence-electron chi connectivity index (χ1n) is 10.3. The fourth-order valence-electron chi connectivity index (χ4n) is 3.12. The van der Waals surface area contributed by atoms with E-state index in [-0.39, 0.29) is 30.4 Å². The first-order valence-corrected chi connectivity index (χ1v) is 11.1. The highest BCUT2D eigenvalue weighted by Gasteiger charge is 2.31. The van der Waals surface area contributed by atoms with Crippen LogP contribution in [0.4, 0.5) is 18.3 Å². The maximum absolute atomic E-state index is 13.0. The number of benzene rings is 2. The number of rotatable bonds is 8. The van der Waals surface area contributed by atoms with Crippen LogP contribution in [0.25, 0.3) is 10.6 Å². The van der Waals surface area contributed by atoms with Crippen LogP contribution in [0.1, 0.15) is 36.2 Å². The number of alkyl halides is 3. The molecule has 0 aliphatic heterocycles. The summed E-state index contributed by atoms with van der Waals surface area (Å²) in [5, 5.41) is 11.7. The molecule has 1 N–H and O–H groups in total. The normalized spacial score (nSPS) is 11.5. The molecule has 3 rings (SSSR count). The number of anilines is 1. The van der Waals surface area contributed by atoms with Gasteiger partial charge in [-0.2, -0.15) is 13.2 Å². The van der Waals surface area contributed by atoms with Crippen LogP contribution in [-0.4, -0.2) is 40.0 Å². The van der Waals surface area contributed by atoms with E-state index in [1.165, 1.54) is 28.4 Å². The molecule has 0 radical (unpaired) electrons. The molecule has 33 heavy (non-hydrogen) atoms. The lowest BCUT2D eigenvalue weighted by Gasteiger charge is -2.24. The third kappa shape index (κ3) is 6.85. The van der Waals surface area contributed by atoms with Gasteiger partial charge in [0.05, 0.1) is 5.56 Å². The molecule has 10 heteroatoms. The zero-order valence-electron chi connectivity index (χ0n) is 18.1. The molecule has 0 fully saturated rings. The summed E-state index contributed by atoms with van der Waals surface area (Å²) in [6.45, 7) is 4.14. The van der Waals surface area contributed by atoms with E-state index in [0.29, 0.717) is 16.7 Å². The van der Waals surface area contributed by atoms with Gasteiger partial charge in [-0.1, -0.05) is 61.6 Å². The van der Waals surface area contributed by atoms with Gasteiger partial charge in [-0.3, -0.25) is 9.59 Å². The van der Waals surface area contributed by atoms with Crippen LogP contribution in [-0.2, 0) is 11.0 Å². The molecule has 0 saturated heterocycles. The number of aromatic nitrogens is 2. The second kappa shape index (κ2) is 10.6. The number of amides is 2. The molecular weight excluding hydrogens is 453 g/mol. The van der Waals surface area contributed by atoms with Crippen molar-refractivity contribution >= 4 is 28.3 Å². The number of hydrogen-bond donors (Lipinski definition) is 1. The highest BCUT2D eigenvalue weighted by molar-refractivity contribution is 7.18. The predicted octanol–water partition coefficient (Wildman–Crippen LogP) is 5.35. The predicted molar refractivity (Wildman–Crippen MR) is 121 cm³/mol. The minimum Gasteiger partial charge on any atom is -0.338 e. The van der Waals surface area contributed by atoms with E-state index in [2.05, 4.69) is 15.5 Å². The second-order valence-corrected chi connectivity index (χ2v) is 8.78. The van der Waals surface area contributed by atoms with Gasteiger partial charge in [0.15, 0.2) is 0 Å². The summed E-state index contributed by atoms with van der Waals surface area (Å²) < 4.78 is 39.1. The summed E-state index contributed by atoms with van der Waals surface area (Å²) in [7, 11) is 0. The lowest BCUT2D eigenvalue weighted by molar-refractivity contribution is -0.137. The Morgan fingerprint density at radius 3 is 2.45 bits per heavy atom. The van der Waals surface area contributed by atoms with Crippen LogP contribution in [0.3, 0.4) is 0 Å². The van der Waals surface area contributed by atoms with Crippen molar-refractivity contribution in [1.29, 1.82) is 0 Å². The van der Waals surface area contributed by atoms with Crippen molar-refractivity contribution < 1.29 is 22.8 Å². The summed E-state index contributed by atoms with van der Waals surface area (Å²) in [5.41, 5.74) is -0.0751. The third-order valence-electron chi connectivity index (χ3n) is 4.61. The zero-order valence-corrected chi connectivity index (χ0v) is 18.9. The van der Waals surface area contributed by atoms with E-state index in [4.69, 9.17) is 0 Å². The molecule has 0 aliphatic rings.